The molecule has 18 heavy (non-hydrogen) atoms. The molecule has 2 heteroatoms. The highest BCUT2D eigenvalue weighted by atomic mass is 79.9. The molecule has 0 radical (unpaired) electrons. The van der Waals surface area contributed by atoms with Crippen LogP contribution in [0.25, 0.3) is 0 Å². The summed E-state index contributed by atoms with van der Waals surface area (Å²) < 4.78 is 1.16. The quantitative estimate of drug-likeness (QED) is 0.818. The number of aryl methyl sites for hydroxylation is 1. The van der Waals surface area contributed by atoms with E-state index in [1.807, 2.05) is 6.07 Å². The largest absolute Gasteiger partial charge is 0.381 e. The fourth-order valence-corrected chi connectivity index (χ4v) is 2.44. The Labute approximate surface area is 117 Å². The predicted molar refractivity (Wildman–Crippen MR) is 81.9 cm³/mol. The molecule has 0 heterocycles. The van der Waals surface area contributed by atoms with Crippen molar-refractivity contribution in [2.45, 2.75) is 26.3 Å². The highest BCUT2D eigenvalue weighted by Gasteiger charge is 2.02. The van der Waals surface area contributed by atoms with Gasteiger partial charge in [0.15, 0.2) is 0 Å². The molecule has 0 spiro atoms. The topological polar surface area (TPSA) is 12.0 Å². The van der Waals surface area contributed by atoms with Crippen LogP contribution in [-0.2, 0) is 13.0 Å². The van der Waals surface area contributed by atoms with Gasteiger partial charge in [0.1, 0.15) is 0 Å². The lowest BCUT2D eigenvalue weighted by atomic mass is 10.1. The minimum absolute atomic E-state index is 0.849. The summed E-state index contributed by atoms with van der Waals surface area (Å²) in [6.07, 6.45) is 2.30. The van der Waals surface area contributed by atoms with Crippen LogP contribution >= 0.6 is 15.9 Å². The van der Waals surface area contributed by atoms with Crippen molar-refractivity contribution in [2.75, 3.05) is 5.32 Å². The Morgan fingerprint density at radius 2 is 1.61 bits per heavy atom. The van der Waals surface area contributed by atoms with Gasteiger partial charge in [0, 0.05) is 16.7 Å². The second-order valence-corrected chi connectivity index (χ2v) is 5.21. The molecule has 0 aliphatic heterocycles. The summed E-state index contributed by atoms with van der Waals surface area (Å²) in [5.74, 6) is 0. The molecule has 2 aromatic carbocycles. The molecule has 2 rings (SSSR count). The Kier molecular flexibility index (Phi) is 4.82. The van der Waals surface area contributed by atoms with E-state index in [1.165, 1.54) is 23.2 Å². The Morgan fingerprint density at radius 1 is 0.944 bits per heavy atom. The average Bonchev–Trinajstić information content (AvgIpc) is 2.40. The van der Waals surface area contributed by atoms with Crippen LogP contribution in [0.5, 0.6) is 0 Å². The van der Waals surface area contributed by atoms with Gasteiger partial charge in [-0.1, -0.05) is 65.7 Å². The van der Waals surface area contributed by atoms with E-state index < -0.39 is 0 Å². The van der Waals surface area contributed by atoms with Crippen molar-refractivity contribution in [1.82, 2.24) is 0 Å². The maximum atomic E-state index is 3.58. The first-order valence-electron chi connectivity index (χ1n) is 6.36. The van der Waals surface area contributed by atoms with Crippen molar-refractivity contribution in [3.05, 3.63) is 64.1 Å². The second kappa shape index (κ2) is 6.60. The van der Waals surface area contributed by atoms with Gasteiger partial charge in [0.05, 0.1) is 0 Å². The Morgan fingerprint density at radius 3 is 2.33 bits per heavy atom. The number of halogens is 1. The van der Waals surface area contributed by atoms with Crippen LogP contribution in [-0.4, -0.2) is 0 Å². The van der Waals surface area contributed by atoms with Crippen molar-refractivity contribution < 1.29 is 0 Å². The second-order valence-electron chi connectivity index (χ2n) is 4.35. The van der Waals surface area contributed by atoms with Gasteiger partial charge in [0.2, 0.25) is 0 Å². The number of anilines is 1. The average molecular weight is 304 g/mol. The summed E-state index contributed by atoms with van der Waals surface area (Å²) in [4.78, 5) is 0. The molecule has 2 aromatic rings. The smallest absolute Gasteiger partial charge is 0.0412 e. The third kappa shape index (κ3) is 3.36. The van der Waals surface area contributed by atoms with Crippen molar-refractivity contribution in [2.24, 2.45) is 0 Å². The molecule has 1 nitrogen and oxygen atoms in total. The van der Waals surface area contributed by atoms with Gasteiger partial charge >= 0.3 is 0 Å². The van der Waals surface area contributed by atoms with Gasteiger partial charge in [-0.15, -0.1) is 0 Å². The summed E-state index contributed by atoms with van der Waals surface area (Å²) in [6.45, 7) is 3.06. The number of benzene rings is 2. The van der Waals surface area contributed by atoms with Crippen LogP contribution < -0.4 is 5.32 Å². The van der Waals surface area contributed by atoms with Crippen LogP contribution in [0.1, 0.15) is 24.5 Å². The van der Waals surface area contributed by atoms with Crippen molar-refractivity contribution in [3.8, 4) is 0 Å². The minimum atomic E-state index is 0.849. The normalized spacial score (nSPS) is 10.3. The zero-order chi connectivity index (χ0) is 12.8. The fourth-order valence-electron chi connectivity index (χ4n) is 2.01. The lowest BCUT2D eigenvalue weighted by Crippen LogP contribution is -2.02. The van der Waals surface area contributed by atoms with E-state index in [1.54, 1.807) is 0 Å². The summed E-state index contributed by atoms with van der Waals surface area (Å²) in [5, 5.41) is 3.53. The molecular weight excluding hydrogens is 286 g/mol. The van der Waals surface area contributed by atoms with E-state index in [4.69, 9.17) is 0 Å². The van der Waals surface area contributed by atoms with Crippen molar-refractivity contribution in [3.63, 3.8) is 0 Å². The molecule has 94 valence electrons. The predicted octanol–water partition coefficient (Wildman–Crippen LogP) is 5.01. The van der Waals surface area contributed by atoms with Crippen LogP contribution in [0.4, 0.5) is 5.69 Å². The minimum Gasteiger partial charge on any atom is -0.381 e. The lowest BCUT2D eigenvalue weighted by Gasteiger charge is -2.12. The summed E-state index contributed by atoms with van der Waals surface area (Å²) >= 11 is 3.58. The van der Waals surface area contributed by atoms with Crippen LogP contribution in [0, 0.1) is 0 Å². The van der Waals surface area contributed by atoms with Crippen LogP contribution in [0.2, 0.25) is 0 Å². The Hall–Kier alpha value is -1.28. The maximum absolute atomic E-state index is 3.58. The first-order valence-corrected chi connectivity index (χ1v) is 7.15. The molecule has 0 aliphatic carbocycles. The Bertz CT molecular complexity index is 508. The SMILES string of the molecule is CCCc1ccccc1NCc1ccccc1Br. The number of hydrogen-bond donors (Lipinski definition) is 1. The number of nitrogens with one attached hydrogen (secondary N) is 1. The molecule has 1 N–H and O–H groups in total. The van der Waals surface area contributed by atoms with Crippen LogP contribution in [0.3, 0.4) is 0 Å². The maximum Gasteiger partial charge on any atom is 0.0412 e. The van der Waals surface area contributed by atoms with E-state index in [9.17, 15) is 0 Å². The molecule has 0 aromatic heterocycles. The van der Waals surface area contributed by atoms with Gasteiger partial charge < -0.3 is 5.32 Å². The fraction of sp³-hybridized carbons (Fsp3) is 0.250. The lowest BCUT2D eigenvalue weighted by molar-refractivity contribution is 0.919. The zero-order valence-electron chi connectivity index (χ0n) is 10.6. The molecule has 0 unspecified atom stereocenters. The van der Waals surface area contributed by atoms with E-state index in [2.05, 4.69) is 70.6 Å². The molecule has 0 amide bonds. The number of rotatable bonds is 5. The Balaban J connectivity index is 2.08. The molecule has 0 saturated carbocycles. The third-order valence-corrected chi connectivity index (χ3v) is 3.74. The van der Waals surface area contributed by atoms with Gasteiger partial charge in [-0.2, -0.15) is 0 Å². The van der Waals surface area contributed by atoms with Crippen molar-refractivity contribution >= 4 is 21.6 Å². The number of para-hydroxylation sites is 1. The van der Waals surface area contributed by atoms with Gasteiger partial charge in [0.25, 0.3) is 0 Å². The molecule has 0 aliphatic rings. The molecule has 0 saturated heterocycles. The first kappa shape index (κ1) is 13.2. The van der Waals surface area contributed by atoms with E-state index in [0.29, 0.717) is 0 Å². The highest BCUT2D eigenvalue weighted by Crippen LogP contribution is 2.20. The van der Waals surface area contributed by atoms with Gasteiger partial charge in [-0.05, 0) is 29.7 Å². The standard InChI is InChI=1S/C16H18BrN/c1-2-7-13-8-4-6-11-16(13)18-12-14-9-3-5-10-15(14)17/h3-6,8-11,18H,2,7,12H2,1H3. The number of hydrogen-bond acceptors (Lipinski definition) is 1. The third-order valence-electron chi connectivity index (χ3n) is 2.96. The zero-order valence-corrected chi connectivity index (χ0v) is 12.2. The highest BCUT2D eigenvalue weighted by molar-refractivity contribution is 9.10. The summed E-state index contributed by atoms with van der Waals surface area (Å²) in [5.41, 5.74) is 3.92. The molecular formula is C16H18BrN. The van der Waals surface area contributed by atoms with Crippen LogP contribution in [0.15, 0.2) is 53.0 Å². The van der Waals surface area contributed by atoms with E-state index in [-0.39, 0.29) is 0 Å². The molecule has 0 bridgehead atoms. The van der Waals surface area contributed by atoms with Crippen molar-refractivity contribution in [1.29, 1.82) is 0 Å². The van der Waals surface area contributed by atoms with Gasteiger partial charge in [-0.25, -0.2) is 0 Å². The summed E-state index contributed by atoms with van der Waals surface area (Å²) in [7, 11) is 0. The van der Waals surface area contributed by atoms with E-state index in [0.717, 1.165) is 17.4 Å². The van der Waals surface area contributed by atoms with Gasteiger partial charge in [-0.3, -0.25) is 0 Å². The van der Waals surface area contributed by atoms with E-state index >= 15 is 0 Å². The first-order chi connectivity index (χ1) is 8.81. The molecule has 0 atom stereocenters. The summed E-state index contributed by atoms with van der Waals surface area (Å²) in [6, 6.07) is 16.9. The molecule has 0 fully saturated rings. The monoisotopic (exact) mass is 303 g/mol.